The third kappa shape index (κ3) is 1.96. The van der Waals surface area contributed by atoms with Gasteiger partial charge in [-0.1, -0.05) is 13.0 Å². The normalized spacial score (nSPS) is 21.6. The molecule has 1 heterocycles. The first-order valence-electron chi connectivity index (χ1n) is 6.67. The SMILES string of the molecule is CCCn1cc(C2(O)CCc3cc(F)ccc32)cn1. The monoisotopic (exact) mass is 260 g/mol. The number of rotatable bonds is 3. The van der Waals surface area contributed by atoms with E-state index in [2.05, 4.69) is 12.0 Å². The van der Waals surface area contributed by atoms with E-state index in [1.807, 2.05) is 10.9 Å². The second-order valence-electron chi connectivity index (χ2n) is 5.15. The fourth-order valence-electron chi connectivity index (χ4n) is 2.85. The molecule has 1 unspecified atom stereocenters. The Morgan fingerprint density at radius 3 is 3.11 bits per heavy atom. The van der Waals surface area contributed by atoms with E-state index in [0.717, 1.165) is 29.7 Å². The van der Waals surface area contributed by atoms with Gasteiger partial charge in [0.25, 0.3) is 0 Å². The lowest BCUT2D eigenvalue weighted by Gasteiger charge is -2.22. The third-order valence-electron chi connectivity index (χ3n) is 3.83. The molecule has 0 bridgehead atoms. The zero-order valence-corrected chi connectivity index (χ0v) is 10.9. The van der Waals surface area contributed by atoms with Crippen LogP contribution in [0.1, 0.15) is 36.5 Å². The largest absolute Gasteiger partial charge is 0.380 e. The van der Waals surface area contributed by atoms with E-state index in [-0.39, 0.29) is 5.82 Å². The summed E-state index contributed by atoms with van der Waals surface area (Å²) in [4.78, 5) is 0. The molecule has 1 N–H and O–H groups in total. The van der Waals surface area contributed by atoms with Crippen molar-refractivity contribution in [3.05, 3.63) is 53.1 Å². The van der Waals surface area contributed by atoms with Crippen molar-refractivity contribution in [1.82, 2.24) is 9.78 Å². The summed E-state index contributed by atoms with van der Waals surface area (Å²) in [6.45, 7) is 2.93. The minimum Gasteiger partial charge on any atom is -0.380 e. The van der Waals surface area contributed by atoms with Gasteiger partial charge in [-0.15, -0.1) is 0 Å². The number of aryl methyl sites for hydroxylation is 2. The van der Waals surface area contributed by atoms with Gasteiger partial charge in [-0.2, -0.15) is 5.10 Å². The number of benzene rings is 1. The summed E-state index contributed by atoms with van der Waals surface area (Å²) in [5.74, 6) is -0.246. The Balaban J connectivity index is 2.01. The van der Waals surface area contributed by atoms with E-state index in [4.69, 9.17) is 0 Å². The van der Waals surface area contributed by atoms with Gasteiger partial charge < -0.3 is 5.11 Å². The van der Waals surface area contributed by atoms with Gasteiger partial charge in [0.1, 0.15) is 11.4 Å². The molecule has 0 saturated carbocycles. The van der Waals surface area contributed by atoms with Crippen LogP contribution in [0.3, 0.4) is 0 Å². The first-order chi connectivity index (χ1) is 9.13. The zero-order valence-electron chi connectivity index (χ0n) is 10.9. The lowest BCUT2D eigenvalue weighted by Crippen LogP contribution is -2.23. The maximum atomic E-state index is 13.2. The highest BCUT2D eigenvalue weighted by atomic mass is 19.1. The zero-order chi connectivity index (χ0) is 13.5. The lowest BCUT2D eigenvalue weighted by atomic mass is 9.90. The molecule has 1 atom stereocenters. The summed E-state index contributed by atoms with van der Waals surface area (Å²) >= 11 is 0. The number of nitrogens with zero attached hydrogens (tertiary/aromatic N) is 2. The van der Waals surface area contributed by atoms with Crippen LogP contribution in [0.15, 0.2) is 30.6 Å². The van der Waals surface area contributed by atoms with Crippen molar-refractivity contribution in [2.24, 2.45) is 0 Å². The topological polar surface area (TPSA) is 38.0 Å². The number of hydrogen-bond acceptors (Lipinski definition) is 2. The van der Waals surface area contributed by atoms with Crippen molar-refractivity contribution < 1.29 is 9.50 Å². The Bertz CT molecular complexity index is 608. The standard InChI is InChI=1S/C15H17FN2O/c1-2-7-18-10-12(9-17-18)15(19)6-5-11-8-13(16)3-4-14(11)15/h3-4,8-10,19H,2,5-7H2,1H3. The van der Waals surface area contributed by atoms with Gasteiger partial charge in [-0.25, -0.2) is 4.39 Å². The molecule has 1 aromatic heterocycles. The molecule has 3 nitrogen and oxygen atoms in total. The summed E-state index contributed by atoms with van der Waals surface area (Å²) in [7, 11) is 0. The predicted molar refractivity (Wildman–Crippen MR) is 70.2 cm³/mol. The molecule has 4 heteroatoms. The Kier molecular flexibility index (Phi) is 2.90. The van der Waals surface area contributed by atoms with Gasteiger partial charge in [0.2, 0.25) is 0 Å². The number of aromatic nitrogens is 2. The molecule has 0 radical (unpaired) electrons. The van der Waals surface area contributed by atoms with Crippen LogP contribution < -0.4 is 0 Å². The van der Waals surface area contributed by atoms with Crippen molar-refractivity contribution >= 4 is 0 Å². The minimum atomic E-state index is -1.02. The Labute approximate surface area is 111 Å². The second kappa shape index (κ2) is 4.46. The Morgan fingerprint density at radius 1 is 1.47 bits per heavy atom. The first-order valence-corrected chi connectivity index (χ1v) is 6.67. The second-order valence-corrected chi connectivity index (χ2v) is 5.15. The molecule has 1 aliphatic carbocycles. The van der Waals surface area contributed by atoms with Crippen LogP contribution in [0.25, 0.3) is 0 Å². The fourth-order valence-corrected chi connectivity index (χ4v) is 2.85. The molecule has 1 aliphatic rings. The highest BCUT2D eigenvalue weighted by molar-refractivity contribution is 5.44. The summed E-state index contributed by atoms with van der Waals surface area (Å²) in [6.07, 6.45) is 5.89. The van der Waals surface area contributed by atoms with Crippen molar-refractivity contribution in [3.8, 4) is 0 Å². The molecular weight excluding hydrogens is 243 g/mol. The number of aliphatic hydroxyl groups is 1. The van der Waals surface area contributed by atoms with E-state index in [1.54, 1.807) is 12.3 Å². The Morgan fingerprint density at radius 2 is 2.32 bits per heavy atom. The van der Waals surface area contributed by atoms with Crippen molar-refractivity contribution in [3.63, 3.8) is 0 Å². The summed E-state index contributed by atoms with van der Waals surface area (Å²) in [5, 5.41) is 15.2. The van der Waals surface area contributed by atoms with E-state index >= 15 is 0 Å². The maximum Gasteiger partial charge on any atom is 0.123 e. The van der Waals surface area contributed by atoms with Crippen LogP contribution in [-0.2, 0) is 18.6 Å². The molecule has 1 aromatic carbocycles. The molecule has 0 spiro atoms. The van der Waals surface area contributed by atoms with E-state index < -0.39 is 5.60 Å². The molecule has 3 rings (SSSR count). The third-order valence-corrected chi connectivity index (χ3v) is 3.83. The number of hydrogen-bond donors (Lipinski definition) is 1. The van der Waals surface area contributed by atoms with Crippen LogP contribution >= 0.6 is 0 Å². The summed E-state index contributed by atoms with van der Waals surface area (Å²) in [6, 6.07) is 4.62. The van der Waals surface area contributed by atoms with Crippen LogP contribution in [0, 0.1) is 5.82 Å². The van der Waals surface area contributed by atoms with Crippen LogP contribution in [0.4, 0.5) is 4.39 Å². The van der Waals surface area contributed by atoms with E-state index in [9.17, 15) is 9.50 Å². The minimum absolute atomic E-state index is 0.246. The summed E-state index contributed by atoms with van der Waals surface area (Å²) in [5.41, 5.74) is 1.48. The van der Waals surface area contributed by atoms with Gasteiger partial charge in [0, 0.05) is 18.3 Å². The van der Waals surface area contributed by atoms with Gasteiger partial charge in [-0.3, -0.25) is 4.68 Å². The lowest BCUT2D eigenvalue weighted by molar-refractivity contribution is 0.0828. The van der Waals surface area contributed by atoms with Crippen molar-refractivity contribution in [2.45, 2.75) is 38.3 Å². The summed E-state index contributed by atoms with van der Waals surface area (Å²) < 4.78 is 15.1. The molecule has 19 heavy (non-hydrogen) atoms. The molecule has 0 saturated heterocycles. The van der Waals surface area contributed by atoms with Gasteiger partial charge in [0.15, 0.2) is 0 Å². The van der Waals surface area contributed by atoms with E-state index in [1.165, 1.54) is 12.1 Å². The van der Waals surface area contributed by atoms with Gasteiger partial charge in [0.05, 0.1) is 6.20 Å². The molecule has 0 amide bonds. The average Bonchev–Trinajstić information content (AvgIpc) is 2.97. The van der Waals surface area contributed by atoms with Gasteiger partial charge >= 0.3 is 0 Å². The highest BCUT2D eigenvalue weighted by Gasteiger charge is 2.39. The molecule has 0 aliphatic heterocycles. The van der Waals surface area contributed by atoms with Crippen LogP contribution in [0.2, 0.25) is 0 Å². The quantitative estimate of drug-likeness (QED) is 0.921. The van der Waals surface area contributed by atoms with Crippen molar-refractivity contribution in [1.29, 1.82) is 0 Å². The molecular formula is C15H17FN2O. The smallest absolute Gasteiger partial charge is 0.123 e. The molecule has 2 aromatic rings. The van der Waals surface area contributed by atoms with E-state index in [0.29, 0.717) is 12.8 Å². The average molecular weight is 260 g/mol. The predicted octanol–water partition coefficient (Wildman–Crippen LogP) is 2.61. The maximum absolute atomic E-state index is 13.2. The molecule has 0 fully saturated rings. The highest BCUT2D eigenvalue weighted by Crippen LogP contribution is 2.41. The number of halogens is 1. The van der Waals surface area contributed by atoms with Crippen molar-refractivity contribution in [2.75, 3.05) is 0 Å². The molecule has 100 valence electrons. The fraction of sp³-hybridized carbons (Fsp3) is 0.400. The van der Waals surface area contributed by atoms with Crippen LogP contribution in [-0.4, -0.2) is 14.9 Å². The first kappa shape index (κ1) is 12.4. The van der Waals surface area contributed by atoms with Gasteiger partial charge in [-0.05, 0) is 42.5 Å². The Hall–Kier alpha value is -1.68. The van der Waals surface area contributed by atoms with Crippen LogP contribution in [0.5, 0.6) is 0 Å². The number of fused-ring (bicyclic) bond motifs is 1.